The first-order valence-electron chi connectivity index (χ1n) is 5.92. The number of carbonyl (C=O) groups is 1. The Kier molecular flexibility index (Phi) is 4.98. The van der Waals surface area contributed by atoms with Crippen molar-refractivity contribution in [1.29, 1.82) is 5.26 Å². The molecule has 0 fully saturated rings. The van der Waals surface area contributed by atoms with Crippen molar-refractivity contribution in [2.45, 2.75) is 33.2 Å². The second-order valence-electron chi connectivity index (χ2n) is 3.97. The lowest BCUT2D eigenvalue weighted by molar-refractivity contribution is 0.0960. The molecule has 0 aliphatic rings. The first-order chi connectivity index (χ1) is 8.54. The molecule has 1 atom stereocenters. The molecule has 0 aliphatic carbocycles. The Labute approximate surface area is 111 Å². The highest BCUT2D eigenvalue weighted by Crippen LogP contribution is 2.35. The van der Waals surface area contributed by atoms with E-state index in [-0.39, 0.29) is 17.6 Å². The van der Waals surface area contributed by atoms with Crippen molar-refractivity contribution in [2.24, 2.45) is 0 Å². The predicted molar refractivity (Wildman–Crippen MR) is 74.8 cm³/mol. The number of nitrogens with two attached hydrogens (primary N) is 1. The SMILES string of the molecule is CCNC(=O)c1sc(NC(C)CC)c(C#N)c1N. The molecule has 1 aromatic heterocycles. The zero-order valence-corrected chi connectivity index (χ0v) is 11.6. The second kappa shape index (κ2) is 6.26. The van der Waals surface area contributed by atoms with E-state index in [0.717, 1.165) is 6.42 Å². The first kappa shape index (κ1) is 14.3. The van der Waals surface area contributed by atoms with Gasteiger partial charge in [-0.05, 0) is 20.3 Å². The van der Waals surface area contributed by atoms with Gasteiger partial charge in [-0.25, -0.2) is 0 Å². The van der Waals surface area contributed by atoms with Crippen molar-refractivity contribution < 1.29 is 4.79 Å². The Morgan fingerprint density at radius 2 is 2.22 bits per heavy atom. The normalized spacial score (nSPS) is 11.7. The van der Waals surface area contributed by atoms with Gasteiger partial charge in [-0.3, -0.25) is 4.79 Å². The number of nitriles is 1. The van der Waals surface area contributed by atoms with E-state index in [1.807, 2.05) is 20.8 Å². The van der Waals surface area contributed by atoms with Gasteiger partial charge in [0.1, 0.15) is 21.5 Å². The third kappa shape index (κ3) is 2.93. The van der Waals surface area contributed by atoms with Crippen LogP contribution in [-0.2, 0) is 0 Å². The van der Waals surface area contributed by atoms with Crippen LogP contribution in [0.1, 0.15) is 42.4 Å². The molecule has 1 unspecified atom stereocenters. The van der Waals surface area contributed by atoms with Gasteiger partial charge in [-0.2, -0.15) is 5.26 Å². The third-order valence-corrected chi connectivity index (χ3v) is 3.73. The van der Waals surface area contributed by atoms with Gasteiger partial charge in [0, 0.05) is 12.6 Å². The molecule has 18 heavy (non-hydrogen) atoms. The summed E-state index contributed by atoms with van der Waals surface area (Å²) in [6.07, 6.45) is 0.930. The van der Waals surface area contributed by atoms with Crippen LogP contribution < -0.4 is 16.4 Å². The molecule has 0 radical (unpaired) electrons. The summed E-state index contributed by atoms with van der Waals surface area (Å²) < 4.78 is 0. The summed E-state index contributed by atoms with van der Waals surface area (Å²) in [6, 6.07) is 2.29. The fraction of sp³-hybridized carbons (Fsp3) is 0.500. The molecule has 0 aromatic carbocycles. The molecule has 0 saturated carbocycles. The van der Waals surface area contributed by atoms with Crippen molar-refractivity contribution in [1.82, 2.24) is 5.32 Å². The minimum atomic E-state index is -0.228. The molecular formula is C12H18N4OS. The molecule has 98 valence electrons. The number of nitrogen functional groups attached to an aromatic ring is 1. The zero-order valence-electron chi connectivity index (χ0n) is 10.8. The molecular weight excluding hydrogens is 248 g/mol. The van der Waals surface area contributed by atoms with Gasteiger partial charge in [0.25, 0.3) is 5.91 Å². The van der Waals surface area contributed by atoms with E-state index in [0.29, 0.717) is 22.0 Å². The topological polar surface area (TPSA) is 90.9 Å². The molecule has 1 rings (SSSR count). The number of amides is 1. The monoisotopic (exact) mass is 266 g/mol. The molecule has 5 nitrogen and oxygen atoms in total. The second-order valence-corrected chi connectivity index (χ2v) is 4.99. The van der Waals surface area contributed by atoms with E-state index in [2.05, 4.69) is 16.7 Å². The summed E-state index contributed by atoms with van der Waals surface area (Å²) >= 11 is 1.23. The van der Waals surface area contributed by atoms with Crippen LogP contribution in [0.5, 0.6) is 0 Å². The number of anilines is 2. The van der Waals surface area contributed by atoms with Gasteiger partial charge < -0.3 is 16.4 Å². The predicted octanol–water partition coefficient (Wildman–Crippen LogP) is 2.16. The molecule has 4 N–H and O–H groups in total. The molecule has 0 spiro atoms. The zero-order chi connectivity index (χ0) is 13.7. The van der Waals surface area contributed by atoms with Gasteiger partial charge >= 0.3 is 0 Å². The van der Waals surface area contributed by atoms with Crippen molar-refractivity contribution in [3.63, 3.8) is 0 Å². The van der Waals surface area contributed by atoms with Crippen LogP contribution in [0.25, 0.3) is 0 Å². The Balaban J connectivity index is 3.10. The van der Waals surface area contributed by atoms with E-state index in [4.69, 9.17) is 11.0 Å². The number of thiophene rings is 1. The summed E-state index contributed by atoms with van der Waals surface area (Å²) in [6.45, 7) is 6.44. The number of carbonyl (C=O) groups excluding carboxylic acids is 1. The Bertz CT molecular complexity index is 475. The number of hydrogen-bond acceptors (Lipinski definition) is 5. The molecule has 6 heteroatoms. The Morgan fingerprint density at radius 3 is 2.72 bits per heavy atom. The van der Waals surface area contributed by atoms with Crippen LogP contribution in [0.15, 0.2) is 0 Å². The summed E-state index contributed by atoms with van der Waals surface area (Å²) in [7, 11) is 0. The average molecular weight is 266 g/mol. The summed E-state index contributed by atoms with van der Waals surface area (Å²) in [5.41, 5.74) is 6.48. The molecule has 0 saturated heterocycles. The largest absolute Gasteiger partial charge is 0.396 e. The number of nitrogens with zero attached hydrogens (tertiary/aromatic N) is 1. The van der Waals surface area contributed by atoms with Crippen molar-refractivity contribution in [3.8, 4) is 6.07 Å². The third-order valence-electron chi connectivity index (χ3n) is 2.59. The van der Waals surface area contributed by atoms with Crippen LogP contribution in [0.2, 0.25) is 0 Å². The number of nitrogens with one attached hydrogen (secondary N) is 2. The van der Waals surface area contributed by atoms with Gasteiger partial charge in [-0.15, -0.1) is 11.3 Å². The highest BCUT2D eigenvalue weighted by Gasteiger charge is 2.21. The summed E-state index contributed by atoms with van der Waals surface area (Å²) in [5.74, 6) is -0.228. The average Bonchev–Trinajstić information content (AvgIpc) is 2.65. The highest BCUT2D eigenvalue weighted by atomic mass is 32.1. The minimum Gasteiger partial charge on any atom is -0.396 e. The lowest BCUT2D eigenvalue weighted by Gasteiger charge is -2.10. The maximum absolute atomic E-state index is 11.8. The minimum absolute atomic E-state index is 0.228. The standard InChI is InChI=1S/C12H18N4OS/c1-4-7(3)16-12-8(6-13)9(14)10(18-12)11(17)15-5-2/h7,16H,4-5,14H2,1-3H3,(H,15,17). The maximum atomic E-state index is 11.8. The van der Waals surface area contributed by atoms with Crippen molar-refractivity contribution in [2.75, 3.05) is 17.6 Å². The van der Waals surface area contributed by atoms with Crippen LogP contribution in [-0.4, -0.2) is 18.5 Å². The van der Waals surface area contributed by atoms with E-state index < -0.39 is 0 Å². The number of rotatable bonds is 5. The lowest BCUT2D eigenvalue weighted by atomic mass is 10.2. The van der Waals surface area contributed by atoms with Crippen LogP contribution in [0.3, 0.4) is 0 Å². The van der Waals surface area contributed by atoms with Crippen LogP contribution in [0.4, 0.5) is 10.7 Å². The lowest BCUT2D eigenvalue weighted by Crippen LogP contribution is -2.22. The summed E-state index contributed by atoms with van der Waals surface area (Å²) in [5, 5.41) is 15.7. The number of hydrogen-bond donors (Lipinski definition) is 3. The van der Waals surface area contributed by atoms with Gasteiger partial charge in [0.2, 0.25) is 0 Å². The van der Waals surface area contributed by atoms with E-state index in [1.165, 1.54) is 11.3 Å². The van der Waals surface area contributed by atoms with E-state index in [9.17, 15) is 4.79 Å². The van der Waals surface area contributed by atoms with Crippen LogP contribution >= 0.6 is 11.3 Å². The molecule has 1 aromatic rings. The maximum Gasteiger partial charge on any atom is 0.263 e. The summed E-state index contributed by atoms with van der Waals surface area (Å²) in [4.78, 5) is 12.2. The van der Waals surface area contributed by atoms with Crippen LogP contribution in [0, 0.1) is 11.3 Å². The molecule has 1 heterocycles. The van der Waals surface area contributed by atoms with E-state index in [1.54, 1.807) is 0 Å². The van der Waals surface area contributed by atoms with E-state index >= 15 is 0 Å². The Morgan fingerprint density at radius 1 is 1.56 bits per heavy atom. The fourth-order valence-corrected chi connectivity index (χ4v) is 2.49. The Hall–Kier alpha value is -1.74. The van der Waals surface area contributed by atoms with Gasteiger partial charge in [0.05, 0.1) is 5.69 Å². The quantitative estimate of drug-likeness (QED) is 0.761. The molecule has 0 aliphatic heterocycles. The first-order valence-corrected chi connectivity index (χ1v) is 6.73. The van der Waals surface area contributed by atoms with Gasteiger partial charge in [-0.1, -0.05) is 6.92 Å². The van der Waals surface area contributed by atoms with Crippen molar-refractivity contribution in [3.05, 3.63) is 10.4 Å². The van der Waals surface area contributed by atoms with Crippen molar-refractivity contribution >= 4 is 27.9 Å². The highest BCUT2D eigenvalue weighted by molar-refractivity contribution is 7.18. The van der Waals surface area contributed by atoms with Gasteiger partial charge in [0.15, 0.2) is 0 Å². The molecule has 1 amide bonds. The fourth-order valence-electron chi connectivity index (χ4n) is 1.39. The molecule has 0 bridgehead atoms. The smallest absolute Gasteiger partial charge is 0.263 e.